The lowest BCUT2D eigenvalue weighted by molar-refractivity contribution is 0.0950. The molecule has 0 radical (unpaired) electrons. The summed E-state index contributed by atoms with van der Waals surface area (Å²) in [5.41, 5.74) is 4.88. The maximum absolute atomic E-state index is 12.7. The number of amides is 1. The lowest BCUT2D eigenvalue weighted by Gasteiger charge is -2.08. The molecule has 0 aliphatic rings. The Morgan fingerprint density at radius 1 is 0.969 bits per heavy atom. The summed E-state index contributed by atoms with van der Waals surface area (Å²) in [6, 6.07) is 13.3. The second kappa shape index (κ2) is 8.57. The van der Waals surface area contributed by atoms with Crippen molar-refractivity contribution >= 4 is 51.0 Å². The number of hydrogen-bond acceptors (Lipinski definition) is 4. The van der Waals surface area contributed by atoms with Crippen LogP contribution in [0.2, 0.25) is 10.0 Å². The van der Waals surface area contributed by atoms with Gasteiger partial charge < -0.3 is 10.3 Å². The maximum atomic E-state index is 12.7. The fraction of sp³-hybridized carbons (Fsp3) is 0.0833. The number of carbonyl (C=O) groups is 1. The van der Waals surface area contributed by atoms with E-state index in [9.17, 15) is 4.79 Å². The zero-order valence-corrected chi connectivity index (χ0v) is 18.3. The number of aromatic amines is 1. The van der Waals surface area contributed by atoms with Gasteiger partial charge in [0.05, 0.1) is 15.6 Å². The first-order valence-electron chi connectivity index (χ1n) is 9.94. The Labute approximate surface area is 193 Å². The summed E-state index contributed by atoms with van der Waals surface area (Å²) in [4.78, 5) is 28.8. The van der Waals surface area contributed by atoms with E-state index in [2.05, 4.69) is 25.3 Å². The molecule has 4 aromatic heterocycles. The highest BCUT2D eigenvalue weighted by atomic mass is 35.5. The van der Waals surface area contributed by atoms with E-state index in [1.54, 1.807) is 36.9 Å². The van der Waals surface area contributed by atoms with Crippen LogP contribution in [0.15, 0.2) is 67.3 Å². The molecule has 5 rings (SSSR count). The SMILES string of the molecule is O=C(NCc1cnc2[nH]cc(Cl)c2c1)c1ccnc(Cc2ccc3ncc(Cl)cc3c2)c1. The quantitative estimate of drug-likeness (QED) is 0.370. The van der Waals surface area contributed by atoms with Gasteiger partial charge in [0.1, 0.15) is 5.65 Å². The number of halogens is 2. The first-order chi connectivity index (χ1) is 15.5. The van der Waals surface area contributed by atoms with Crippen LogP contribution in [0.4, 0.5) is 0 Å². The molecule has 0 spiro atoms. The number of fused-ring (bicyclic) bond motifs is 2. The number of carbonyl (C=O) groups excluding carboxylic acids is 1. The van der Waals surface area contributed by atoms with Crippen LogP contribution in [0.5, 0.6) is 0 Å². The molecule has 0 bridgehead atoms. The summed E-state index contributed by atoms with van der Waals surface area (Å²) in [5.74, 6) is -0.177. The van der Waals surface area contributed by atoms with E-state index < -0.39 is 0 Å². The Morgan fingerprint density at radius 2 is 1.88 bits per heavy atom. The van der Waals surface area contributed by atoms with Crippen molar-refractivity contribution < 1.29 is 4.79 Å². The van der Waals surface area contributed by atoms with Gasteiger partial charge in [-0.1, -0.05) is 29.3 Å². The van der Waals surface area contributed by atoms with Gasteiger partial charge in [-0.3, -0.25) is 14.8 Å². The zero-order valence-electron chi connectivity index (χ0n) is 16.8. The Kier molecular flexibility index (Phi) is 5.47. The molecule has 6 nitrogen and oxygen atoms in total. The van der Waals surface area contributed by atoms with Gasteiger partial charge >= 0.3 is 0 Å². The van der Waals surface area contributed by atoms with Crippen molar-refractivity contribution in [2.45, 2.75) is 13.0 Å². The summed E-state index contributed by atoms with van der Waals surface area (Å²) in [5, 5.41) is 5.93. The summed E-state index contributed by atoms with van der Waals surface area (Å²) >= 11 is 12.2. The van der Waals surface area contributed by atoms with E-state index in [1.165, 1.54) is 0 Å². The summed E-state index contributed by atoms with van der Waals surface area (Å²) < 4.78 is 0. The Morgan fingerprint density at radius 3 is 2.78 bits per heavy atom. The molecular formula is C24H17Cl2N5O. The van der Waals surface area contributed by atoms with E-state index in [0.717, 1.165) is 38.8 Å². The maximum Gasteiger partial charge on any atom is 0.251 e. The van der Waals surface area contributed by atoms with Crippen molar-refractivity contribution in [1.29, 1.82) is 0 Å². The van der Waals surface area contributed by atoms with Crippen molar-refractivity contribution in [3.05, 3.63) is 99.7 Å². The highest BCUT2D eigenvalue weighted by molar-refractivity contribution is 6.35. The van der Waals surface area contributed by atoms with Gasteiger partial charge in [-0.2, -0.15) is 0 Å². The number of aromatic nitrogens is 4. The molecule has 32 heavy (non-hydrogen) atoms. The van der Waals surface area contributed by atoms with Gasteiger partial charge in [0.2, 0.25) is 0 Å². The normalized spacial score (nSPS) is 11.2. The molecule has 0 aliphatic carbocycles. The third-order valence-corrected chi connectivity index (χ3v) is 5.69. The van der Waals surface area contributed by atoms with Crippen LogP contribution in [0.25, 0.3) is 21.9 Å². The minimum absolute atomic E-state index is 0.177. The number of rotatable bonds is 5. The molecule has 1 amide bonds. The van der Waals surface area contributed by atoms with Gasteiger partial charge in [-0.15, -0.1) is 0 Å². The number of H-pyrrole nitrogens is 1. The van der Waals surface area contributed by atoms with Crippen LogP contribution in [-0.4, -0.2) is 25.8 Å². The largest absolute Gasteiger partial charge is 0.348 e. The monoisotopic (exact) mass is 461 g/mol. The first kappa shape index (κ1) is 20.4. The van der Waals surface area contributed by atoms with Gasteiger partial charge in [-0.25, -0.2) is 4.98 Å². The standard InChI is InChI=1S/C24H17Cl2N5O/c25-18-8-17-5-14(1-2-22(17)28-12-18)6-19-9-16(3-4-27-19)24(32)31-11-15-7-20-21(26)13-30-23(20)29-10-15/h1-5,7-10,12-13H,6,11H2,(H,29,30)(H,31,32). The van der Waals surface area contributed by atoms with Crippen LogP contribution >= 0.6 is 23.2 Å². The van der Waals surface area contributed by atoms with Crippen LogP contribution in [0.1, 0.15) is 27.2 Å². The minimum atomic E-state index is -0.177. The lowest BCUT2D eigenvalue weighted by Crippen LogP contribution is -2.23. The molecule has 1 aromatic carbocycles. The summed E-state index contributed by atoms with van der Waals surface area (Å²) in [7, 11) is 0. The van der Waals surface area contributed by atoms with Crippen molar-refractivity contribution in [3.63, 3.8) is 0 Å². The summed E-state index contributed by atoms with van der Waals surface area (Å²) in [6.07, 6.45) is 7.29. The molecule has 158 valence electrons. The highest BCUT2D eigenvalue weighted by Gasteiger charge is 2.10. The number of hydrogen-bond donors (Lipinski definition) is 2. The number of nitrogens with one attached hydrogen (secondary N) is 2. The van der Waals surface area contributed by atoms with Crippen molar-refractivity contribution in [3.8, 4) is 0 Å². The second-order valence-corrected chi connectivity index (χ2v) is 8.30. The van der Waals surface area contributed by atoms with Gasteiger partial charge in [-0.05, 0) is 47.5 Å². The van der Waals surface area contributed by atoms with E-state index in [0.29, 0.717) is 28.6 Å². The van der Waals surface area contributed by atoms with E-state index in [-0.39, 0.29) is 5.91 Å². The van der Waals surface area contributed by atoms with E-state index in [4.69, 9.17) is 23.2 Å². The first-order valence-corrected chi connectivity index (χ1v) is 10.7. The fourth-order valence-corrected chi connectivity index (χ4v) is 3.95. The molecule has 5 aromatic rings. The highest BCUT2D eigenvalue weighted by Crippen LogP contribution is 2.22. The van der Waals surface area contributed by atoms with Gasteiger partial charge in [0.15, 0.2) is 0 Å². The predicted molar refractivity (Wildman–Crippen MR) is 126 cm³/mol. The second-order valence-electron chi connectivity index (χ2n) is 7.45. The van der Waals surface area contributed by atoms with Crippen molar-refractivity contribution in [1.82, 2.24) is 25.3 Å². The molecule has 0 unspecified atom stereocenters. The summed E-state index contributed by atoms with van der Waals surface area (Å²) in [6.45, 7) is 0.347. The minimum Gasteiger partial charge on any atom is -0.348 e. The third kappa shape index (κ3) is 4.28. The Bertz CT molecular complexity index is 1460. The molecular weight excluding hydrogens is 445 g/mol. The van der Waals surface area contributed by atoms with E-state index >= 15 is 0 Å². The van der Waals surface area contributed by atoms with Crippen LogP contribution < -0.4 is 5.32 Å². The molecule has 0 atom stereocenters. The van der Waals surface area contributed by atoms with Crippen molar-refractivity contribution in [2.24, 2.45) is 0 Å². The average molecular weight is 462 g/mol. The lowest BCUT2D eigenvalue weighted by atomic mass is 10.0. The number of benzene rings is 1. The molecule has 4 heterocycles. The molecule has 0 aliphatic heterocycles. The van der Waals surface area contributed by atoms with E-state index in [1.807, 2.05) is 30.3 Å². The molecule has 0 fully saturated rings. The van der Waals surface area contributed by atoms with Gasteiger partial charge in [0, 0.05) is 59.8 Å². The smallest absolute Gasteiger partial charge is 0.251 e. The zero-order chi connectivity index (χ0) is 22.1. The van der Waals surface area contributed by atoms with Crippen LogP contribution in [0, 0.1) is 0 Å². The Hall–Kier alpha value is -3.48. The number of nitrogens with zero attached hydrogens (tertiary/aromatic N) is 3. The molecule has 0 saturated heterocycles. The average Bonchev–Trinajstić information content (AvgIpc) is 3.17. The fourth-order valence-electron chi connectivity index (χ4n) is 3.59. The van der Waals surface area contributed by atoms with Crippen molar-refractivity contribution in [2.75, 3.05) is 0 Å². The number of pyridine rings is 3. The molecule has 2 N–H and O–H groups in total. The van der Waals surface area contributed by atoms with Gasteiger partial charge in [0.25, 0.3) is 5.91 Å². The third-order valence-electron chi connectivity index (χ3n) is 5.17. The van der Waals surface area contributed by atoms with Crippen LogP contribution in [0.3, 0.4) is 0 Å². The predicted octanol–water partition coefficient (Wildman–Crippen LogP) is 5.33. The molecule has 0 saturated carbocycles. The van der Waals surface area contributed by atoms with Crippen LogP contribution in [-0.2, 0) is 13.0 Å². The molecule has 8 heteroatoms. The Balaban J connectivity index is 1.29. The topological polar surface area (TPSA) is 83.6 Å².